The van der Waals surface area contributed by atoms with Crippen molar-refractivity contribution in [2.75, 3.05) is 40.2 Å². The lowest BCUT2D eigenvalue weighted by atomic mass is 9.82. The van der Waals surface area contributed by atoms with E-state index < -0.39 is 43.4 Å². The lowest BCUT2D eigenvalue weighted by Gasteiger charge is -2.31. The molecule has 5 aromatic carbocycles. The summed E-state index contributed by atoms with van der Waals surface area (Å²) < 4.78 is 23.6. The number of nitrogen functional groups attached to an aromatic ring is 2. The van der Waals surface area contributed by atoms with Crippen LogP contribution in [-0.4, -0.2) is 61.3 Å². The Bertz CT molecular complexity index is 2380. The van der Waals surface area contributed by atoms with E-state index in [2.05, 4.69) is 10.6 Å². The maximum atomic E-state index is 16.7. The number of carbonyl (C=O) groups is 4. The zero-order chi connectivity index (χ0) is 42.8. The first kappa shape index (κ1) is 41.8. The van der Waals surface area contributed by atoms with Crippen LogP contribution in [0.2, 0.25) is 18.6 Å². The summed E-state index contributed by atoms with van der Waals surface area (Å²) >= 11 is 0. The molecular weight excluding hydrogens is 780 g/mol. The first-order chi connectivity index (χ1) is 28.7. The molecule has 12 nitrogen and oxygen atoms in total. The van der Waals surface area contributed by atoms with Gasteiger partial charge in [0, 0.05) is 64.0 Å². The number of carbonyl (C=O) groups excluding carboxylic acids is 4. The minimum absolute atomic E-state index is 0.0682. The zero-order valence-corrected chi connectivity index (χ0v) is 34.7. The molecule has 14 heteroatoms. The number of nitrogens with one attached hydrogen (secondary N) is 2. The second-order valence-corrected chi connectivity index (χ2v) is 19.8. The van der Waals surface area contributed by atoms with Crippen LogP contribution in [0.4, 0.5) is 32.5 Å². The molecule has 310 valence electrons. The molecule has 1 saturated heterocycles. The van der Waals surface area contributed by atoms with Gasteiger partial charge in [0.2, 0.25) is 14.3 Å². The van der Waals surface area contributed by atoms with Gasteiger partial charge in [-0.1, -0.05) is 49.4 Å². The Balaban J connectivity index is 1.21. The Morgan fingerprint density at radius 3 is 1.95 bits per heavy atom. The van der Waals surface area contributed by atoms with Crippen LogP contribution in [0.25, 0.3) is 0 Å². The third-order valence-corrected chi connectivity index (χ3v) is 13.9. The normalized spacial score (nSPS) is 19.6. The summed E-state index contributed by atoms with van der Waals surface area (Å²) in [4.78, 5) is 58.6. The number of halogens is 1. The van der Waals surface area contributed by atoms with Crippen molar-refractivity contribution in [2.24, 2.45) is 5.92 Å². The smallest absolute Gasteiger partial charge is 0.264 e. The van der Waals surface area contributed by atoms with E-state index in [0.29, 0.717) is 45.1 Å². The molecule has 0 aromatic heterocycles. The van der Waals surface area contributed by atoms with Gasteiger partial charge in [-0.3, -0.25) is 19.2 Å². The molecule has 0 bridgehead atoms. The SMILES string of the molecule is C[C@H]1[C@H]([Si](C)(C)F)[C@@H](CC(=O)N(CCO)Cc2ccccc2)O[C@]12C(=O)N(Cc1ccc(NC(=O)c3ccc(N)cc3)cc1)c1ccc(NC(=O)c3ccc(N)cc3)cc12. The molecule has 7 N–H and O–H groups in total. The van der Waals surface area contributed by atoms with Gasteiger partial charge in [-0.15, -0.1) is 0 Å². The highest BCUT2D eigenvalue weighted by molar-refractivity contribution is 6.72. The number of aliphatic hydroxyl groups is 1. The third-order valence-electron chi connectivity index (χ3n) is 11.4. The van der Waals surface area contributed by atoms with Crippen LogP contribution in [0.3, 0.4) is 0 Å². The highest BCUT2D eigenvalue weighted by Crippen LogP contribution is 2.60. The zero-order valence-electron chi connectivity index (χ0n) is 33.7. The van der Waals surface area contributed by atoms with Crippen molar-refractivity contribution >= 4 is 60.5 Å². The molecule has 60 heavy (non-hydrogen) atoms. The molecule has 0 unspecified atom stereocenters. The fraction of sp³-hybridized carbons (Fsp3) is 0.261. The molecule has 0 aliphatic carbocycles. The monoisotopic (exact) mass is 828 g/mol. The number of fused-ring (bicyclic) bond motifs is 2. The van der Waals surface area contributed by atoms with Gasteiger partial charge in [-0.25, -0.2) is 0 Å². The van der Waals surface area contributed by atoms with Gasteiger partial charge in [0.1, 0.15) is 0 Å². The fourth-order valence-electron chi connectivity index (χ4n) is 8.55. The van der Waals surface area contributed by atoms with Gasteiger partial charge in [-0.05, 0) is 103 Å². The number of hydrogen-bond donors (Lipinski definition) is 5. The number of nitrogens with two attached hydrogens (primary N) is 2. The quantitative estimate of drug-likeness (QED) is 0.0474. The Hall–Kier alpha value is -6.35. The molecule has 5 aromatic rings. The van der Waals surface area contributed by atoms with E-state index >= 15 is 8.90 Å². The number of hydrogen-bond acceptors (Lipinski definition) is 8. The van der Waals surface area contributed by atoms with Crippen molar-refractivity contribution in [1.29, 1.82) is 0 Å². The molecule has 1 fully saturated rings. The highest BCUT2D eigenvalue weighted by Gasteiger charge is 2.67. The van der Waals surface area contributed by atoms with Gasteiger partial charge in [-0.2, -0.15) is 0 Å². The number of amides is 4. The number of ether oxygens (including phenoxy) is 1. The summed E-state index contributed by atoms with van der Waals surface area (Å²) in [5.74, 6) is -2.16. The van der Waals surface area contributed by atoms with Crippen molar-refractivity contribution < 1.29 is 33.1 Å². The van der Waals surface area contributed by atoms with Crippen molar-refractivity contribution in [2.45, 2.75) is 56.8 Å². The fourth-order valence-corrected chi connectivity index (χ4v) is 11.0. The number of nitrogens with zero attached hydrogens (tertiary/aromatic N) is 2. The minimum Gasteiger partial charge on any atom is -0.399 e. The van der Waals surface area contributed by atoms with Crippen LogP contribution >= 0.6 is 0 Å². The van der Waals surface area contributed by atoms with Crippen LogP contribution in [0.15, 0.2) is 121 Å². The second-order valence-electron chi connectivity index (χ2n) is 16.0. The van der Waals surface area contributed by atoms with Gasteiger partial charge in [0.15, 0.2) is 5.60 Å². The largest absolute Gasteiger partial charge is 0.399 e. The summed E-state index contributed by atoms with van der Waals surface area (Å²) in [5.41, 5.74) is 14.6. The van der Waals surface area contributed by atoms with Crippen LogP contribution in [0, 0.1) is 5.92 Å². The number of aliphatic hydroxyl groups excluding tert-OH is 1. The number of benzene rings is 5. The molecule has 2 aliphatic rings. The molecular formula is C46H49FN6O6Si. The van der Waals surface area contributed by atoms with Crippen molar-refractivity contribution in [3.63, 3.8) is 0 Å². The maximum Gasteiger partial charge on any atom is 0.264 e. The first-order valence-electron chi connectivity index (χ1n) is 19.9. The standard InChI is InChI=1S/C46H49FN6O6Si/c1-29-42(60(2,3)47)40(26-41(55)52(23-24-54)27-30-7-5-4-6-8-30)59-46(29)38-25-37(51-44(57)33-13-17-35(49)18-14-33)21-22-39(38)53(45(46)58)28-31-9-19-36(20-10-31)50-43(56)32-11-15-34(48)16-12-32/h4-22,25,29,40,42,54H,23-24,26-28,48-49H2,1-3H3,(H,50,56)(H,51,57)/t29-,40+,42-,46+/m0/s1. The average molecular weight is 829 g/mol. The lowest BCUT2D eigenvalue weighted by Crippen LogP contribution is -2.45. The van der Waals surface area contributed by atoms with Crippen molar-refractivity contribution in [1.82, 2.24) is 4.90 Å². The maximum absolute atomic E-state index is 16.7. The van der Waals surface area contributed by atoms with Gasteiger partial charge in [0.05, 0.1) is 31.4 Å². The molecule has 0 saturated carbocycles. The van der Waals surface area contributed by atoms with E-state index in [1.807, 2.05) is 37.3 Å². The van der Waals surface area contributed by atoms with Crippen molar-refractivity contribution in [3.8, 4) is 0 Å². The molecule has 1 spiro atoms. The third kappa shape index (κ3) is 8.53. The minimum atomic E-state index is -3.66. The van der Waals surface area contributed by atoms with E-state index in [9.17, 15) is 19.5 Å². The molecule has 4 amide bonds. The predicted molar refractivity (Wildman–Crippen MR) is 233 cm³/mol. The predicted octanol–water partition coefficient (Wildman–Crippen LogP) is 7.09. The van der Waals surface area contributed by atoms with E-state index in [1.54, 1.807) is 109 Å². The summed E-state index contributed by atoms with van der Waals surface area (Å²) in [6, 6.07) is 34.7. The highest BCUT2D eigenvalue weighted by atomic mass is 28.4. The van der Waals surface area contributed by atoms with Crippen LogP contribution in [0.1, 0.15) is 50.8 Å². The van der Waals surface area contributed by atoms with E-state index in [1.165, 1.54) is 4.90 Å². The number of anilines is 5. The van der Waals surface area contributed by atoms with Crippen LogP contribution in [-0.2, 0) is 33.0 Å². The van der Waals surface area contributed by atoms with Gasteiger partial charge >= 0.3 is 0 Å². The Morgan fingerprint density at radius 2 is 1.38 bits per heavy atom. The molecule has 4 atom stereocenters. The van der Waals surface area contributed by atoms with Crippen LogP contribution in [0.5, 0.6) is 0 Å². The molecule has 0 radical (unpaired) electrons. The van der Waals surface area contributed by atoms with Gasteiger partial charge in [0.25, 0.3) is 17.7 Å². The Labute approximate surface area is 349 Å². The first-order valence-corrected chi connectivity index (χ1v) is 22.8. The Morgan fingerprint density at radius 1 is 0.817 bits per heavy atom. The molecule has 2 aliphatic heterocycles. The average Bonchev–Trinajstić information content (AvgIpc) is 3.64. The molecule has 7 rings (SSSR count). The summed E-state index contributed by atoms with van der Waals surface area (Å²) in [6.45, 7) is 5.10. The summed E-state index contributed by atoms with van der Waals surface area (Å²) in [5, 5.41) is 15.7. The Kier molecular flexibility index (Phi) is 11.9. The van der Waals surface area contributed by atoms with Crippen molar-refractivity contribution in [3.05, 3.63) is 149 Å². The number of rotatable bonds is 13. The lowest BCUT2D eigenvalue weighted by molar-refractivity contribution is -0.150. The second kappa shape index (κ2) is 17.1. The molecule has 2 heterocycles. The van der Waals surface area contributed by atoms with E-state index in [0.717, 1.165) is 11.1 Å². The van der Waals surface area contributed by atoms with Crippen LogP contribution < -0.4 is 27.0 Å². The van der Waals surface area contributed by atoms with E-state index in [-0.39, 0.29) is 44.5 Å². The summed E-state index contributed by atoms with van der Waals surface area (Å²) in [7, 11) is -3.66. The van der Waals surface area contributed by atoms with E-state index in [4.69, 9.17) is 16.2 Å². The van der Waals surface area contributed by atoms with Gasteiger partial charge < -0.3 is 45.9 Å². The summed E-state index contributed by atoms with van der Waals surface area (Å²) in [6.07, 6.45) is -1.17. The topological polar surface area (TPSA) is 180 Å².